The van der Waals surface area contributed by atoms with E-state index in [4.69, 9.17) is 15.6 Å². The second kappa shape index (κ2) is 10.9. The number of hydrogen-bond acceptors (Lipinski definition) is 6. The molecule has 2 heterocycles. The highest BCUT2D eigenvalue weighted by Gasteiger charge is 2.20. The lowest BCUT2D eigenvalue weighted by Gasteiger charge is -2.23. The third-order valence-corrected chi connectivity index (χ3v) is 4.96. The number of pyridine rings is 1. The molecule has 0 radical (unpaired) electrons. The van der Waals surface area contributed by atoms with Gasteiger partial charge in [-0.25, -0.2) is 14.8 Å². The third kappa shape index (κ3) is 6.56. The van der Waals surface area contributed by atoms with E-state index in [0.717, 1.165) is 26.9 Å². The number of fused-ring (bicyclic) bond motifs is 3. The molecule has 0 saturated heterocycles. The molecule has 2 aromatic carbocycles. The highest BCUT2D eigenvalue weighted by atomic mass is 16.6. The molecule has 0 aliphatic carbocycles. The van der Waals surface area contributed by atoms with Crippen molar-refractivity contribution >= 4 is 39.9 Å². The van der Waals surface area contributed by atoms with Gasteiger partial charge in [-0.05, 0) is 32.4 Å². The minimum absolute atomic E-state index is 0.213. The van der Waals surface area contributed by atoms with Gasteiger partial charge in [0.05, 0.1) is 17.4 Å². The fourth-order valence-corrected chi connectivity index (χ4v) is 3.46. The maximum atomic E-state index is 11.7. The molecule has 0 bridgehead atoms. The summed E-state index contributed by atoms with van der Waals surface area (Å²) >= 11 is 0. The summed E-state index contributed by atoms with van der Waals surface area (Å²) in [7, 11) is 1.38. The van der Waals surface area contributed by atoms with Crippen LogP contribution in [-0.2, 0) is 16.1 Å². The Morgan fingerprint density at radius 2 is 1.69 bits per heavy atom. The van der Waals surface area contributed by atoms with Gasteiger partial charge in [-0.15, -0.1) is 0 Å². The predicted molar refractivity (Wildman–Crippen MR) is 136 cm³/mol. The van der Waals surface area contributed by atoms with E-state index in [-0.39, 0.29) is 12.2 Å². The van der Waals surface area contributed by atoms with E-state index in [0.29, 0.717) is 12.1 Å². The van der Waals surface area contributed by atoms with Gasteiger partial charge in [0.25, 0.3) is 5.91 Å². The zero-order valence-corrected chi connectivity index (χ0v) is 20.6. The summed E-state index contributed by atoms with van der Waals surface area (Å²) in [4.78, 5) is 42.9. The molecule has 4 aromatic rings. The van der Waals surface area contributed by atoms with Crippen molar-refractivity contribution in [3.63, 3.8) is 0 Å². The molecule has 2 amide bonds. The molecule has 188 valence electrons. The summed E-state index contributed by atoms with van der Waals surface area (Å²) in [6.07, 6.45) is 1.10. The minimum Gasteiger partial charge on any atom is -0.480 e. The van der Waals surface area contributed by atoms with Crippen LogP contribution in [0.4, 0.5) is 4.79 Å². The van der Waals surface area contributed by atoms with Crippen LogP contribution in [0.5, 0.6) is 0 Å². The van der Waals surface area contributed by atoms with Crippen molar-refractivity contribution in [2.24, 2.45) is 5.73 Å². The second-order valence-electron chi connectivity index (χ2n) is 9.13. The summed E-state index contributed by atoms with van der Waals surface area (Å²) < 4.78 is 6.95. The van der Waals surface area contributed by atoms with Crippen molar-refractivity contribution in [3.8, 4) is 0 Å². The largest absolute Gasteiger partial charge is 0.480 e. The van der Waals surface area contributed by atoms with Crippen molar-refractivity contribution in [1.29, 1.82) is 0 Å². The molecule has 10 heteroatoms. The van der Waals surface area contributed by atoms with Gasteiger partial charge in [0, 0.05) is 19.0 Å². The standard InChI is InChI=1S/C18H14N4O.C8H15NO4/c19-18(23)16-15-17(13-8-4-5-9-14(13)21-16)22(11-20-15)10-12-6-2-1-3-7-12;1-8(2,3)13-7(12)9(4)5-6(10)11/h1-9,11H,10H2,(H2,19,23);5H2,1-4H3,(H,10,11). The number of nitrogens with zero attached hydrogens (tertiary/aromatic N) is 4. The molecule has 3 N–H and O–H groups in total. The first-order valence-corrected chi connectivity index (χ1v) is 11.2. The second-order valence-corrected chi connectivity index (χ2v) is 9.13. The summed E-state index contributed by atoms with van der Waals surface area (Å²) in [6.45, 7) is 5.48. The van der Waals surface area contributed by atoms with Crippen LogP contribution < -0.4 is 5.73 Å². The number of amides is 2. The van der Waals surface area contributed by atoms with E-state index < -0.39 is 23.6 Å². The predicted octanol–water partition coefficient (Wildman–Crippen LogP) is 3.67. The van der Waals surface area contributed by atoms with E-state index in [1.54, 1.807) is 27.1 Å². The molecule has 0 saturated carbocycles. The Kier molecular flexibility index (Phi) is 7.88. The van der Waals surface area contributed by atoms with Crippen molar-refractivity contribution < 1.29 is 24.2 Å². The van der Waals surface area contributed by atoms with Gasteiger partial charge < -0.3 is 25.0 Å². The lowest BCUT2D eigenvalue weighted by Crippen LogP contribution is -2.37. The molecule has 2 aromatic heterocycles. The summed E-state index contributed by atoms with van der Waals surface area (Å²) in [5.41, 5.74) is 8.43. The molecule has 10 nitrogen and oxygen atoms in total. The van der Waals surface area contributed by atoms with Crippen LogP contribution in [0.25, 0.3) is 21.9 Å². The number of hydrogen-bond donors (Lipinski definition) is 2. The van der Waals surface area contributed by atoms with Gasteiger partial charge >= 0.3 is 12.1 Å². The third-order valence-electron chi connectivity index (χ3n) is 4.96. The number of rotatable bonds is 5. The molecular weight excluding hydrogens is 462 g/mol. The number of primary amides is 1. The number of carbonyl (C=O) groups excluding carboxylic acids is 2. The lowest BCUT2D eigenvalue weighted by atomic mass is 10.1. The number of carboxylic acids is 1. The Balaban J connectivity index is 0.000000240. The van der Waals surface area contributed by atoms with Crippen LogP contribution >= 0.6 is 0 Å². The maximum Gasteiger partial charge on any atom is 0.410 e. The molecule has 0 unspecified atom stereocenters. The fraction of sp³-hybridized carbons (Fsp3) is 0.269. The SMILES string of the molecule is CN(CC(=O)O)C(=O)OC(C)(C)C.NC(=O)c1nc2ccccc2c2c1ncn2Cc1ccccc1. The van der Waals surface area contributed by atoms with Crippen LogP contribution in [0.2, 0.25) is 0 Å². The first kappa shape index (κ1) is 26.1. The smallest absolute Gasteiger partial charge is 0.410 e. The molecule has 36 heavy (non-hydrogen) atoms. The molecule has 0 atom stereocenters. The average Bonchev–Trinajstić information content (AvgIpc) is 3.22. The fourth-order valence-electron chi connectivity index (χ4n) is 3.46. The van der Waals surface area contributed by atoms with E-state index in [1.165, 1.54) is 7.05 Å². The first-order valence-electron chi connectivity index (χ1n) is 11.2. The van der Waals surface area contributed by atoms with Crippen molar-refractivity contribution in [2.75, 3.05) is 13.6 Å². The van der Waals surface area contributed by atoms with Gasteiger partial charge in [0.2, 0.25) is 0 Å². The lowest BCUT2D eigenvalue weighted by molar-refractivity contribution is -0.137. The van der Waals surface area contributed by atoms with Crippen molar-refractivity contribution in [2.45, 2.75) is 32.9 Å². The van der Waals surface area contributed by atoms with Crippen LogP contribution in [0, 0.1) is 0 Å². The number of imidazole rings is 1. The molecule has 4 rings (SSSR count). The number of likely N-dealkylation sites (N-methyl/N-ethyl adjacent to an activating group) is 1. The zero-order valence-electron chi connectivity index (χ0n) is 20.6. The molecule has 0 aliphatic rings. The van der Waals surface area contributed by atoms with Crippen LogP contribution in [-0.4, -0.2) is 61.7 Å². The monoisotopic (exact) mass is 491 g/mol. The maximum absolute atomic E-state index is 11.7. The quantitative estimate of drug-likeness (QED) is 0.434. The number of benzene rings is 2. The Hall–Kier alpha value is -4.47. The van der Waals surface area contributed by atoms with Crippen LogP contribution in [0.1, 0.15) is 36.8 Å². The molecule has 0 aliphatic heterocycles. The summed E-state index contributed by atoms with van der Waals surface area (Å²) in [5.74, 6) is -1.63. The Morgan fingerprint density at radius 1 is 1.06 bits per heavy atom. The van der Waals surface area contributed by atoms with Crippen molar-refractivity contribution in [3.05, 3.63) is 72.2 Å². The van der Waals surface area contributed by atoms with Gasteiger partial charge in [-0.1, -0.05) is 48.5 Å². The summed E-state index contributed by atoms with van der Waals surface area (Å²) in [6, 6.07) is 17.8. The van der Waals surface area contributed by atoms with Gasteiger partial charge in [0.1, 0.15) is 17.7 Å². The number of aliphatic carboxylic acids is 1. The minimum atomic E-state index is -1.06. The molecule has 0 fully saturated rings. The average molecular weight is 492 g/mol. The van der Waals surface area contributed by atoms with Crippen LogP contribution in [0.3, 0.4) is 0 Å². The number of nitrogens with two attached hydrogens (primary N) is 1. The number of para-hydroxylation sites is 1. The normalized spacial score (nSPS) is 11.0. The van der Waals surface area contributed by atoms with Gasteiger partial charge in [0.15, 0.2) is 5.69 Å². The van der Waals surface area contributed by atoms with Crippen LogP contribution in [0.15, 0.2) is 60.9 Å². The van der Waals surface area contributed by atoms with Gasteiger partial charge in [-0.3, -0.25) is 9.59 Å². The highest BCUT2D eigenvalue weighted by Crippen LogP contribution is 2.26. The van der Waals surface area contributed by atoms with E-state index in [2.05, 4.69) is 22.1 Å². The van der Waals surface area contributed by atoms with Gasteiger partial charge in [-0.2, -0.15) is 0 Å². The van der Waals surface area contributed by atoms with E-state index >= 15 is 0 Å². The zero-order chi connectivity index (χ0) is 26.5. The molecular formula is C26H29N5O5. The topological polar surface area (TPSA) is 141 Å². The highest BCUT2D eigenvalue weighted by molar-refractivity contribution is 6.11. The Morgan fingerprint density at radius 3 is 2.31 bits per heavy atom. The number of carboxylic acid groups (broad SMARTS) is 1. The van der Waals surface area contributed by atoms with E-state index in [9.17, 15) is 14.4 Å². The number of carbonyl (C=O) groups is 3. The Labute approximate surface area is 208 Å². The first-order chi connectivity index (χ1) is 17.0. The number of ether oxygens (including phenoxy) is 1. The molecule has 0 spiro atoms. The van der Waals surface area contributed by atoms with E-state index in [1.807, 2.05) is 47.0 Å². The number of aromatic nitrogens is 3. The summed E-state index contributed by atoms with van der Waals surface area (Å²) in [5, 5.41) is 9.34. The van der Waals surface area contributed by atoms with Crippen molar-refractivity contribution in [1.82, 2.24) is 19.4 Å². The Bertz CT molecular complexity index is 1390.